The topological polar surface area (TPSA) is 44.8 Å². The van der Waals surface area contributed by atoms with Gasteiger partial charge in [-0.1, -0.05) is 97.1 Å². The van der Waals surface area contributed by atoms with Crippen molar-refractivity contribution in [3.8, 4) is 11.5 Å². The summed E-state index contributed by atoms with van der Waals surface area (Å²) < 4.78 is 17.7. The first-order valence-corrected chi connectivity index (χ1v) is 15.3. The van der Waals surface area contributed by atoms with Crippen molar-refractivity contribution in [3.05, 3.63) is 59.7 Å². The van der Waals surface area contributed by atoms with E-state index in [1.165, 1.54) is 57.8 Å². The molecule has 0 saturated carbocycles. The number of esters is 1. The Kier molecular flexibility index (Phi) is 16.5. The van der Waals surface area contributed by atoms with E-state index in [1.807, 2.05) is 43.3 Å². The SMILES string of the molecule is CCCCCCCCCCCC(CCC)Oc1ccc(OC(=O)c2ccc(C(C)OCCCC)cc2)cc1. The first kappa shape index (κ1) is 31.9. The number of rotatable bonds is 21. The van der Waals surface area contributed by atoms with E-state index in [-0.39, 0.29) is 18.2 Å². The quantitative estimate of drug-likeness (QED) is 0.0925. The highest BCUT2D eigenvalue weighted by molar-refractivity contribution is 5.91. The van der Waals surface area contributed by atoms with Crippen molar-refractivity contribution in [2.45, 2.75) is 130 Å². The molecule has 0 aliphatic heterocycles. The predicted molar refractivity (Wildman–Crippen MR) is 158 cm³/mol. The van der Waals surface area contributed by atoms with Crippen LogP contribution in [0.1, 0.15) is 140 Å². The number of unbranched alkanes of at least 4 members (excludes halogenated alkanes) is 9. The summed E-state index contributed by atoms with van der Waals surface area (Å²) in [6.07, 6.45) is 17.7. The molecule has 0 N–H and O–H groups in total. The van der Waals surface area contributed by atoms with Gasteiger partial charge in [0.05, 0.1) is 17.8 Å². The minimum absolute atomic E-state index is 0.0102. The van der Waals surface area contributed by atoms with Crippen LogP contribution in [0.4, 0.5) is 0 Å². The van der Waals surface area contributed by atoms with Crippen molar-refractivity contribution in [2.24, 2.45) is 0 Å². The van der Waals surface area contributed by atoms with Gasteiger partial charge in [-0.15, -0.1) is 0 Å². The molecule has 0 heterocycles. The van der Waals surface area contributed by atoms with Gasteiger partial charge < -0.3 is 14.2 Å². The van der Waals surface area contributed by atoms with Gasteiger partial charge in [-0.3, -0.25) is 0 Å². The minimum Gasteiger partial charge on any atom is -0.490 e. The Bertz CT molecular complexity index is 859. The molecule has 0 bridgehead atoms. The molecule has 4 nitrogen and oxygen atoms in total. The fraction of sp³-hybridized carbons (Fsp3) is 0.618. The maximum atomic E-state index is 12.6. The molecule has 0 radical (unpaired) electrons. The number of benzene rings is 2. The summed E-state index contributed by atoms with van der Waals surface area (Å²) in [5, 5.41) is 0. The summed E-state index contributed by atoms with van der Waals surface area (Å²) in [5.41, 5.74) is 1.59. The zero-order valence-corrected chi connectivity index (χ0v) is 24.5. The second-order valence-corrected chi connectivity index (χ2v) is 10.5. The van der Waals surface area contributed by atoms with Crippen LogP contribution in [0.25, 0.3) is 0 Å². The smallest absolute Gasteiger partial charge is 0.343 e. The molecular weight excluding hydrogens is 472 g/mol. The highest BCUT2D eigenvalue weighted by atomic mass is 16.5. The van der Waals surface area contributed by atoms with E-state index in [1.54, 1.807) is 12.1 Å². The Morgan fingerprint density at radius 1 is 0.658 bits per heavy atom. The summed E-state index contributed by atoms with van der Waals surface area (Å²) in [5.74, 6) is 0.994. The Labute approximate surface area is 232 Å². The van der Waals surface area contributed by atoms with Gasteiger partial charge in [0.25, 0.3) is 0 Å². The molecule has 0 spiro atoms. The summed E-state index contributed by atoms with van der Waals surface area (Å²) >= 11 is 0. The highest BCUT2D eigenvalue weighted by Gasteiger charge is 2.13. The standard InChI is InChI=1S/C34H52O4/c1-5-8-10-11-12-13-14-15-16-18-31(17-7-3)37-32-23-25-33(26-24-32)38-34(35)30-21-19-29(20-22-30)28(4)36-27-9-6-2/h19-26,28,31H,5-18,27H2,1-4H3. The maximum Gasteiger partial charge on any atom is 0.343 e. The minimum atomic E-state index is -0.362. The van der Waals surface area contributed by atoms with Gasteiger partial charge in [0, 0.05) is 6.61 Å². The second kappa shape index (κ2) is 19.7. The third kappa shape index (κ3) is 13.0. The average molecular weight is 525 g/mol. The lowest BCUT2D eigenvalue weighted by Crippen LogP contribution is -2.16. The van der Waals surface area contributed by atoms with Gasteiger partial charge in [-0.05, 0) is 74.6 Å². The normalized spacial score (nSPS) is 12.7. The van der Waals surface area contributed by atoms with Gasteiger partial charge in [-0.2, -0.15) is 0 Å². The van der Waals surface area contributed by atoms with E-state index in [4.69, 9.17) is 14.2 Å². The van der Waals surface area contributed by atoms with Crippen molar-refractivity contribution in [3.63, 3.8) is 0 Å². The second-order valence-electron chi connectivity index (χ2n) is 10.5. The first-order valence-electron chi connectivity index (χ1n) is 15.3. The lowest BCUT2D eigenvalue weighted by atomic mass is 10.0. The van der Waals surface area contributed by atoms with Crippen LogP contribution in [-0.4, -0.2) is 18.7 Å². The van der Waals surface area contributed by atoms with Crippen LogP contribution in [0.5, 0.6) is 11.5 Å². The Morgan fingerprint density at radius 2 is 1.24 bits per heavy atom. The molecule has 0 aliphatic carbocycles. The molecule has 2 atom stereocenters. The van der Waals surface area contributed by atoms with E-state index in [0.717, 1.165) is 50.0 Å². The Hall–Kier alpha value is -2.33. The third-order valence-corrected chi connectivity index (χ3v) is 7.06. The molecule has 0 aliphatic rings. The average Bonchev–Trinajstić information content (AvgIpc) is 2.93. The number of carbonyl (C=O) groups excluding carboxylic acids is 1. The molecule has 2 aromatic carbocycles. The van der Waals surface area contributed by atoms with Crippen LogP contribution in [0.15, 0.2) is 48.5 Å². The fourth-order valence-corrected chi connectivity index (χ4v) is 4.60. The van der Waals surface area contributed by atoms with Crippen LogP contribution < -0.4 is 9.47 Å². The van der Waals surface area contributed by atoms with E-state index in [0.29, 0.717) is 11.3 Å². The Balaban J connectivity index is 1.75. The van der Waals surface area contributed by atoms with Gasteiger partial charge in [0.15, 0.2) is 0 Å². The van der Waals surface area contributed by atoms with Gasteiger partial charge in [0.2, 0.25) is 0 Å². The fourth-order valence-electron chi connectivity index (χ4n) is 4.60. The summed E-state index contributed by atoms with van der Waals surface area (Å²) in [6.45, 7) is 9.42. The molecule has 0 fully saturated rings. The van der Waals surface area contributed by atoms with Gasteiger partial charge >= 0.3 is 5.97 Å². The lowest BCUT2D eigenvalue weighted by molar-refractivity contribution is 0.0635. The number of hydrogen-bond acceptors (Lipinski definition) is 4. The van der Waals surface area contributed by atoms with E-state index < -0.39 is 0 Å². The zero-order chi connectivity index (χ0) is 27.4. The lowest BCUT2D eigenvalue weighted by Gasteiger charge is -2.19. The molecule has 38 heavy (non-hydrogen) atoms. The van der Waals surface area contributed by atoms with Crippen LogP contribution >= 0.6 is 0 Å². The van der Waals surface area contributed by atoms with Crippen molar-refractivity contribution in [1.29, 1.82) is 0 Å². The molecule has 2 rings (SSSR count). The van der Waals surface area contributed by atoms with E-state index >= 15 is 0 Å². The molecule has 0 saturated heterocycles. The third-order valence-electron chi connectivity index (χ3n) is 7.06. The number of ether oxygens (including phenoxy) is 3. The molecule has 2 unspecified atom stereocenters. The van der Waals surface area contributed by atoms with Gasteiger partial charge in [-0.25, -0.2) is 4.79 Å². The number of carbonyl (C=O) groups is 1. The molecule has 0 aromatic heterocycles. The van der Waals surface area contributed by atoms with Crippen molar-refractivity contribution in [1.82, 2.24) is 0 Å². The van der Waals surface area contributed by atoms with Crippen molar-refractivity contribution in [2.75, 3.05) is 6.61 Å². The summed E-state index contributed by atoms with van der Waals surface area (Å²) in [4.78, 5) is 12.6. The Morgan fingerprint density at radius 3 is 1.84 bits per heavy atom. The van der Waals surface area contributed by atoms with Crippen LogP contribution in [0.3, 0.4) is 0 Å². The van der Waals surface area contributed by atoms with Crippen LogP contribution in [0, 0.1) is 0 Å². The maximum absolute atomic E-state index is 12.6. The monoisotopic (exact) mass is 524 g/mol. The molecule has 4 heteroatoms. The largest absolute Gasteiger partial charge is 0.490 e. The number of hydrogen-bond donors (Lipinski definition) is 0. The van der Waals surface area contributed by atoms with Crippen molar-refractivity contribution < 1.29 is 19.0 Å². The van der Waals surface area contributed by atoms with E-state index in [2.05, 4.69) is 20.8 Å². The molecule has 0 amide bonds. The first-order chi connectivity index (χ1) is 18.6. The van der Waals surface area contributed by atoms with Crippen LogP contribution in [-0.2, 0) is 4.74 Å². The summed E-state index contributed by atoms with van der Waals surface area (Å²) in [7, 11) is 0. The van der Waals surface area contributed by atoms with Crippen LogP contribution in [0.2, 0.25) is 0 Å². The highest BCUT2D eigenvalue weighted by Crippen LogP contribution is 2.23. The molecular formula is C34H52O4. The van der Waals surface area contributed by atoms with E-state index in [9.17, 15) is 4.79 Å². The van der Waals surface area contributed by atoms with Gasteiger partial charge in [0.1, 0.15) is 11.5 Å². The summed E-state index contributed by atoms with van der Waals surface area (Å²) in [6, 6.07) is 14.9. The zero-order valence-electron chi connectivity index (χ0n) is 24.5. The predicted octanol–water partition coefficient (Wildman–Crippen LogP) is 10.3. The molecule has 212 valence electrons. The molecule has 2 aromatic rings. The van der Waals surface area contributed by atoms with Crippen molar-refractivity contribution >= 4 is 5.97 Å².